The number of hydrogen-bond acceptors (Lipinski definition) is 1. The lowest BCUT2D eigenvalue weighted by atomic mass is 10.1. The Balaban J connectivity index is 2.04. The van der Waals surface area contributed by atoms with Crippen LogP contribution in [0.3, 0.4) is 0 Å². The highest BCUT2D eigenvalue weighted by molar-refractivity contribution is 5.81. The summed E-state index contributed by atoms with van der Waals surface area (Å²) in [5, 5.41) is 4.57. The zero-order valence-corrected chi connectivity index (χ0v) is 12.1. The lowest BCUT2D eigenvalue weighted by Gasteiger charge is -2.11. The molecule has 2 nitrogen and oxygen atoms in total. The maximum absolute atomic E-state index is 3.26. The molecule has 0 saturated carbocycles. The summed E-state index contributed by atoms with van der Waals surface area (Å²) in [5.74, 6) is 0. The second kappa shape index (κ2) is 5.51. The number of para-hydroxylation sites is 1. The lowest BCUT2D eigenvalue weighted by molar-refractivity contribution is 0.709. The first-order chi connectivity index (χ1) is 9.78. The maximum Gasteiger partial charge on any atom is 0.0486 e. The molecule has 1 aromatic heterocycles. The molecule has 1 heterocycles. The van der Waals surface area contributed by atoms with E-state index < -0.39 is 0 Å². The SMILES string of the molecule is CNCc1cc2ccccc2n1Cc1ccc(C)cc1. The molecule has 2 aromatic carbocycles. The number of hydrogen-bond donors (Lipinski definition) is 1. The first-order valence-electron chi connectivity index (χ1n) is 7.05. The number of aryl methyl sites for hydroxylation is 1. The Bertz CT molecular complexity index is 708. The number of rotatable bonds is 4. The standard InChI is InChI=1S/C18H20N2/c1-14-7-9-15(10-8-14)13-20-17(12-19-2)11-16-5-3-4-6-18(16)20/h3-11,19H,12-13H2,1-2H3. The average molecular weight is 264 g/mol. The van der Waals surface area contributed by atoms with E-state index in [1.807, 2.05) is 7.05 Å². The Morgan fingerprint density at radius 1 is 1.00 bits per heavy atom. The van der Waals surface area contributed by atoms with E-state index in [-0.39, 0.29) is 0 Å². The van der Waals surface area contributed by atoms with Crippen molar-refractivity contribution < 1.29 is 0 Å². The van der Waals surface area contributed by atoms with Gasteiger partial charge in [0.25, 0.3) is 0 Å². The Morgan fingerprint density at radius 3 is 2.50 bits per heavy atom. The zero-order valence-electron chi connectivity index (χ0n) is 12.1. The van der Waals surface area contributed by atoms with Gasteiger partial charge in [0.15, 0.2) is 0 Å². The molecule has 0 aliphatic carbocycles. The second-order valence-electron chi connectivity index (χ2n) is 5.30. The molecule has 0 aliphatic heterocycles. The Kier molecular flexibility index (Phi) is 3.57. The predicted octanol–water partition coefficient (Wildman–Crippen LogP) is 3.72. The molecule has 0 saturated heterocycles. The molecule has 0 bridgehead atoms. The van der Waals surface area contributed by atoms with E-state index in [0.29, 0.717) is 0 Å². The third kappa shape index (κ3) is 2.47. The number of benzene rings is 2. The zero-order chi connectivity index (χ0) is 13.9. The summed E-state index contributed by atoms with van der Waals surface area (Å²) in [6, 6.07) is 19.7. The predicted molar refractivity (Wildman–Crippen MR) is 85.0 cm³/mol. The molecular formula is C18H20N2. The minimum absolute atomic E-state index is 0.889. The molecule has 1 N–H and O–H groups in total. The summed E-state index contributed by atoms with van der Waals surface area (Å²) >= 11 is 0. The van der Waals surface area contributed by atoms with Crippen LogP contribution in [0, 0.1) is 6.92 Å². The lowest BCUT2D eigenvalue weighted by Crippen LogP contribution is -2.11. The molecule has 0 unspecified atom stereocenters. The quantitative estimate of drug-likeness (QED) is 0.760. The smallest absolute Gasteiger partial charge is 0.0486 e. The Labute approximate surface area is 120 Å². The average Bonchev–Trinajstić information content (AvgIpc) is 2.80. The fraction of sp³-hybridized carbons (Fsp3) is 0.222. The number of aromatic nitrogens is 1. The minimum Gasteiger partial charge on any atom is -0.339 e. The molecule has 0 aliphatic rings. The topological polar surface area (TPSA) is 17.0 Å². The first kappa shape index (κ1) is 12.9. The van der Waals surface area contributed by atoms with E-state index in [0.717, 1.165) is 13.1 Å². The van der Waals surface area contributed by atoms with Crippen molar-refractivity contribution in [3.8, 4) is 0 Å². The molecule has 0 spiro atoms. The van der Waals surface area contributed by atoms with Gasteiger partial charge in [0.1, 0.15) is 0 Å². The van der Waals surface area contributed by atoms with Gasteiger partial charge in [-0.1, -0.05) is 48.0 Å². The summed E-state index contributed by atoms with van der Waals surface area (Å²) in [4.78, 5) is 0. The number of nitrogens with one attached hydrogen (secondary N) is 1. The normalized spacial score (nSPS) is 11.1. The fourth-order valence-electron chi connectivity index (χ4n) is 2.66. The van der Waals surface area contributed by atoms with Gasteiger partial charge in [-0.25, -0.2) is 0 Å². The highest BCUT2D eigenvalue weighted by Gasteiger charge is 2.08. The van der Waals surface area contributed by atoms with Gasteiger partial charge in [0, 0.05) is 24.3 Å². The highest BCUT2D eigenvalue weighted by atomic mass is 15.0. The van der Waals surface area contributed by atoms with Crippen LogP contribution >= 0.6 is 0 Å². The van der Waals surface area contributed by atoms with Crippen LogP contribution in [0.25, 0.3) is 10.9 Å². The van der Waals surface area contributed by atoms with E-state index in [1.165, 1.54) is 27.7 Å². The molecule has 0 radical (unpaired) electrons. The van der Waals surface area contributed by atoms with E-state index in [4.69, 9.17) is 0 Å². The largest absolute Gasteiger partial charge is 0.339 e. The summed E-state index contributed by atoms with van der Waals surface area (Å²) < 4.78 is 2.40. The van der Waals surface area contributed by atoms with Crippen molar-refractivity contribution in [2.75, 3.05) is 7.05 Å². The molecule has 20 heavy (non-hydrogen) atoms. The van der Waals surface area contributed by atoms with Crippen molar-refractivity contribution in [1.82, 2.24) is 9.88 Å². The van der Waals surface area contributed by atoms with E-state index in [2.05, 4.69) is 71.4 Å². The maximum atomic E-state index is 3.26. The fourth-order valence-corrected chi connectivity index (χ4v) is 2.66. The van der Waals surface area contributed by atoms with Crippen LogP contribution in [0.5, 0.6) is 0 Å². The number of nitrogens with zero attached hydrogens (tertiary/aromatic N) is 1. The Morgan fingerprint density at radius 2 is 1.75 bits per heavy atom. The first-order valence-corrected chi connectivity index (χ1v) is 7.05. The minimum atomic E-state index is 0.889. The van der Waals surface area contributed by atoms with Gasteiger partial charge in [-0.3, -0.25) is 0 Å². The van der Waals surface area contributed by atoms with Gasteiger partial charge >= 0.3 is 0 Å². The van der Waals surface area contributed by atoms with E-state index in [9.17, 15) is 0 Å². The summed E-state index contributed by atoms with van der Waals surface area (Å²) in [6.45, 7) is 3.94. The molecule has 0 fully saturated rings. The summed E-state index contributed by atoms with van der Waals surface area (Å²) in [7, 11) is 1.99. The van der Waals surface area contributed by atoms with Crippen molar-refractivity contribution in [3.05, 3.63) is 71.4 Å². The van der Waals surface area contributed by atoms with E-state index >= 15 is 0 Å². The molecule has 3 rings (SSSR count). The van der Waals surface area contributed by atoms with Crippen molar-refractivity contribution in [3.63, 3.8) is 0 Å². The molecular weight excluding hydrogens is 244 g/mol. The number of fused-ring (bicyclic) bond motifs is 1. The van der Waals surface area contributed by atoms with E-state index in [1.54, 1.807) is 0 Å². The van der Waals surface area contributed by atoms with Crippen LogP contribution in [0.2, 0.25) is 0 Å². The molecule has 0 atom stereocenters. The van der Waals surface area contributed by atoms with Gasteiger partial charge in [-0.05, 0) is 37.1 Å². The van der Waals surface area contributed by atoms with Crippen LogP contribution in [-0.4, -0.2) is 11.6 Å². The van der Waals surface area contributed by atoms with Crippen LogP contribution in [0.4, 0.5) is 0 Å². The summed E-state index contributed by atoms with van der Waals surface area (Å²) in [5.41, 5.74) is 5.28. The van der Waals surface area contributed by atoms with Crippen molar-refractivity contribution in [2.24, 2.45) is 0 Å². The van der Waals surface area contributed by atoms with Gasteiger partial charge in [0.05, 0.1) is 0 Å². The van der Waals surface area contributed by atoms with Crippen LogP contribution in [-0.2, 0) is 13.1 Å². The monoisotopic (exact) mass is 264 g/mol. The molecule has 102 valence electrons. The van der Waals surface area contributed by atoms with Crippen molar-refractivity contribution in [2.45, 2.75) is 20.0 Å². The van der Waals surface area contributed by atoms with Gasteiger partial charge in [0.2, 0.25) is 0 Å². The Hall–Kier alpha value is -2.06. The van der Waals surface area contributed by atoms with Gasteiger partial charge < -0.3 is 9.88 Å². The van der Waals surface area contributed by atoms with Crippen LogP contribution in [0.15, 0.2) is 54.6 Å². The van der Waals surface area contributed by atoms with Gasteiger partial charge in [-0.15, -0.1) is 0 Å². The van der Waals surface area contributed by atoms with Gasteiger partial charge in [-0.2, -0.15) is 0 Å². The molecule has 0 amide bonds. The summed E-state index contributed by atoms with van der Waals surface area (Å²) in [6.07, 6.45) is 0. The van der Waals surface area contributed by atoms with Crippen LogP contribution < -0.4 is 5.32 Å². The highest BCUT2D eigenvalue weighted by Crippen LogP contribution is 2.21. The molecule has 2 heteroatoms. The molecule has 3 aromatic rings. The third-order valence-corrected chi connectivity index (χ3v) is 3.72. The second-order valence-corrected chi connectivity index (χ2v) is 5.30. The van der Waals surface area contributed by atoms with Crippen molar-refractivity contribution >= 4 is 10.9 Å². The third-order valence-electron chi connectivity index (χ3n) is 3.72. The van der Waals surface area contributed by atoms with Crippen molar-refractivity contribution in [1.29, 1.82) is 0 Å². The van der Waals surface area contributed by atoms with Crippen LogP contribution in [0.1, 0.15) is 16.8 Å².